The summed E-state index contributed by atoms with van der Waals surface area (Å²) in [5.74, 6) is -0.565. The molecule has 0 aliphatic carbocycles. The lowest BCUT2D eigenvalue weighted by Crippen LogP contribution is -2.32. The van der Waals surface area contributed by atoms with Crippen LogP contribution in [0.2, 0.25) is 0 Å². The number of rotatable bonds is 4. The SMILES string of the molecule is CN(C(N)=O)c1cccc(-c2cccc(/C=C/C(=O)O)c2)n1. The third-order valence-corrected chi connectivity index (χ3v) is 3.01. The van der Waals surface area contributed by atoms with E-state index in [1.165, 1.54) is 11.0 Å². The van der Waals surface area contributed by atoms with E-state index in [0.29, 0.717) is 11.5 Å². The highest BCUT2D eigenvalue weighted by molar-refractivity contribution is 5.89. The van der Waals surface area contributed by atoms with Crippen LogP contribution in [0.3, 0.4) is 0 Å². The number of benzene rings is 1. The maximum absolute atomic E-state index is 11.2. The number of hydrogen-bond acceptors (Lipinski definition) is 3. The van der Waals surface area contributed by atoms with Gasteiger partial charge in [-0.05, 0) is 29.8 Å². The third-order valence-electron chi connectivity index (χ3n) is 3.01. The number of aromatic nitrogens is 1. The van der Waals surface area contributed by atoms with Crippen LogP contribution >= 0.6 is 0 Å². The zero-order chi connectivity index (χ0) is 16.1. The van der Waals surface area contributed by atoms with E-state index in [9.17, 15) is 9.59 Å². The van der Waals surface area contributed by atoms with Crippen LogP contribution in [-0.2, 0) is 4.79 Å². The predicted molar refractivity (Wildman–Crippen MR) is 84.3 cm³/mol. The fourth-order valence-electron chi connectivity index (χ4n) is 1.85. The van der Waals surface area contributed by atoms with Crippen LogP contribution in [0.25, 0.3) is 17.3 Å². The first-order valence-electron chi connectivity index (χ1n) is 6.49. The van der Waals surface area contributed by atoms with Gasteiger partial charge in [0.15, 0.2) is 0 Å². The van der Waals surface area contributed by atoms with E-state index >= 15 is 0 Å². The summed E-state index contributed by atoms with van der Waals surface area (Å²) in [4.78, 5) is 27.4. The molecule has 0 unspecified atom stereocenters. The molecule has 1 aromatic heterocycles. The molecule has 0 saturated heterocycles. The lowest BCUT2D eigenvalue weighted by molar-refractivity contribution is -0.131. The summed E-state index contributed by atoms with van der Waals surface area (Å²) in [5.41, 5.74) is 7.45. The van der Waals surface area contributed by atoms with Gasteiger partial charge in [0.2, 0.25) is 0 Å². The minimum Gasteiger partial charge on any atom is -0.478 e. The number of aliphatic carboxylic acids is 1. The van der Waals surface area contributed by atoms with E-state index in [1.807, 2.05) is 18.2 Å². The molecule has 112 valence electrons. The van der Waals surface area contributed by atoms with Crippen molar-refractivity contribution in [3.63, 3.8) is 0 Å². The number of carbonyl (C=O) groups is 2. The molecule has 6 nitrogen and oxygen atoms in total. The largest absolute Gasteiger partial charge is 0.478 e. The quantitative estimate of drug-likeness (QED) is 0.847. The van der Waals surface area contributed by atoms with Crippen LogP contribution in [0.4, 0.5) is 10.6 Å². The second-order valence-electron chi connectivity index (χ2n) is 4.58. The Bertz CT molecular complexity index is 741. The summed E-state index contributed by atoms with van der Waals surface area (Å²) in [7, 11) is 1.54. The molecule has 2 amide bonds. The van der Waals surface area contributed by atoms with Gasteiger partial charge >= 0.3 is 12.0 Å². The Morgan fingerprint density at radius 2 is 1.95 bits per heavy atom. The molecule has 1 heterocycles. The summed E-state index contributed by atoms with van der Waals surface area (Å²) < 4.78 is 0. The summed E-state index contributed by atoms with van der Waals surface area (Å²) in [6.45, 7) is 0. The summed E-state index contributed by atoms with van der Waals surface area (Å²) in [5, 5.41) is 8.66. The summed E-state index contributed by atoms with van der Waals surface area (Å²) >= 11 is 0. The van der Waals surface area contributed by atoms with Gasteiger partial charge in [0.05, 0.1) is 5.69 Å². The zero-order valence-electron chi connectivity index (χ0n) is 11.9. The van der Waals surface area contributed by atoms with E-state index in [1.54, 1.807) is 31.3 Å². The van der Waals surface area contributed by atoms with Gasteiger partial charge < -0.3 is 10.8 Å². The fourth-order valence-corrected chi connectivity index (χ4v) is 1.85. The fraction of sp³-hybridized carbons (Fsp3) is 0.0625. The molecule has 6 heteroatoms. The van der Waals surface area contributed by atoms with Crippen molar-refractivity contribution in [3.8, 4) is 11.3 Å². The third kappa shape index (κ3) is 3.69. The molecule has 0 fully saturated rings. The Balaban J connectivity index is 2.36. The number of carboxylic acids is 1. The molecule has 22 heavy (non-hydrogen) atoms. The van der Waals surface area contributed by atoms with Gasteiger partial charge in [0.25, 0.3) is 0 Å². The van der Waals surface area contributed by atoms with Gasteiger partial charge in [-0.2, -0.15) is 0 Å². The second kappa shape index (κ2) is 6.53. The number of anilines is 1. The first-order chi connectivity index (χ1) is 10.5. The molecular formula is C16H15N3O3. The topological polar surface area (TPSA) is 96.5 Å². The van der Waals surface area contributed by atoms with Gasteiger partial charge in [0, 0.05) is 18.7 Å². The Morgan fingerprint density at radius 1 is 1.23 bits per heavy atom. The van der Waals surface area contributed by atoms with Crippen molar-refractivity contribution in [2.45, 2.75) is 0 Å². The Kier molecular flexibility index (Phi) is 4.53. The molecule has 0 aliphatic heterocycles. The number of carbonyl (C=O) groups excluding carboxylic acids is 1. The standard InChI is InChI=1S/C16H15N3O3/c1-19(16(17)22)14-7-3-6-13(18-14)12-5-2-4-11(10-12)8-9-15(20)21/h2-10H,1H3,(H2,17,22)(H,20,21)/b9-8+. The highest BCUT2D eigenvalue weighted by Gasteiger charge is 2.09. The molecule has 0 saturated carbocycles. The number of nitrogens with two attached hydrogens (primary N) is 1. The van der Waals surface area contributed by atoms with Crippen LogP contribution in [0.15, 0.2) is 48.5 Å². The monoisotopic (exact) mass is 297 g/mol. The van der Waals surface area contributed by atoms with Crippen molar-refractivity contribution in [1.29, 1.82) is 0 Å². The maximum atomic E-state index is 11.2. The van der Waals surface area contributed by atoms with Crippen molar-refractivity contribution >= 4 is 23.9 Å². The van der Waals surface area contributed by atoms with Crippen LogP contribution < -0.4 is 10.6 Å². The smallest absolute Gasteiger partial charge is 0.328 e. The van der Waals surface area contributed by atoms with Crippen molar-refractivity contribution in [3.05, 3.63) is 54.1 Å². The lowest BCUT2D eigenvalue weighted by Gasteiger charge is -2.14. The number of amides is 2. The van der Waals surface area contributed by atoms with Gasteiger partial charge in [-0.25, -0.2) is 14.6 Å². The number of pyridine rings is 1. The number of carboxylic acid groups (broad SMARTS) is 1. The molecule has 2 rings (SSSR count). The molecule has 3 N–H and O–H groups in total. The average Bonchev–Trinajstić information content (AvgIpc) is 2.52. The van der Waals surface area contributed by atoms with Crippen LogP contribution in [-0.4, -0.2) is 29.1 Å². The second-order valence-corrected chi connectivity index (χ2v) is 4.58. The van der Waals surface area contributed by atoms with Gasteiger partial charge in [-0.1, -0.05) is 24.3 Å². The minimum absolute atomic E-state index is 0.441. The number of hydrogen-bond donors (Lipinski definition) is 2. The predicted octanol–water partition coefficient (Wildman–Crippen LogP) is 2.36. The maximum Gasteiger partial charge on any atom is 0.328 e. The van der Waals surface area contributed by atoms with E-state index < -0.39 is 12.0 Å². The Hall–Kier alpha value is -3.15. The van der Waals surface area contributed by atoms with E-state index in [4.69, 9.17) is 10.8 Å². The first-order valence-corrected chi connectivity index (χ1v) is 6.49. The van der Waals surface area contributed by atoms with Gasteiger partial charge in [-0.3, -0.25) is 4.90 Å². The van der Waals surface area contributed by atoms with Crippen LogP contribution in [0.1, 0.15) is 5.56 Å². The normalized spacial score (nSPS) is 10.6. The molecule has 0 atom stereocenters. The van der Waals surface area contributed by atoms with E-state index in [0.717, 1.165) is 17.2 Å². The van der Waals surface area contributed by atoms with Crippen LogP contribution in [0.5, 0.6) is 0 Å². The molecular weight excluding hydrogens is 282 g/mol. The Morgan fingerprint density at radius 3 is 2.64 bits per heavy atom. The molecule has 0 bridgehead atoms. The van der Waals surface area contributed by atoms with E-state index in [2.05, 4.69) is 4.98 Å². The zero-order valence-corrected chi connectivity index (χ0v) is 11.9. The molecule has 0 spiro atoms. The highest BCUT2D eigenvalue weighted by atomic mass is 16.4. The first kappa shape index (κ1) is 15.2. The van der Waals surface area contributed by atoms with Crippen molar-refractivity contribution in [2.75, 3.05) is 11.9 Å². The highest BCUT2D eigenvalue weighted by Crippen LogP contribution is 2.21. The van der Waals surface area contributed by atoms with Crippen molar-refractivity contribution in [2.24, 2.45) is 5.73 Å². The molecule has 0 radical (unpaired) electrons. The number of urea groups is 1. The Labute approximate surface area is 127 Å². The summed E-state index contributed by atoms with van der Waals surface area (Å²) in [6.07, 6.45) is 2.58. The minimum atomic E-state index is -1.01. The lowest BCUT2D eigenvalue weighted by atomic mass is 10.1. The average molecular weight is 297 g/mol. The van der Waals surface area contributed by atoms with Gasteiger partial charge in [-0.15, -0.1) is 0 Å². The number of nitrogens with zero attached hydrogens (tertiary/aromatic N) is 2. The van der Waals surface area contributed by atoms with Crippen molar-refractivity contribution < 1.29 is 14.7 Å². The molecule has 2 aromatic rings. The van der Waals surface area contributed by atoms with Crippen LogP contribution in [0, 0.1) is 0 Å². The molecule has 1 aromatic carbocycles. The summed E-state index contributed by atoms with van der Waals surface area (Å²) in [6, 6.07) is 11.9. The molecule has 0 aliphatic rings. The van der Waals surface area contributed by atoms with E-state index in [-0.39, 0.29) is 0 Å². The van der Waals surface area contributed by atoms with Crippen molar-refractivity contribution in [1.82, 2.24) is 4.98 Å². The van der Waals surface area contributed by atoms with Gasteiger partial charge in [0.1, 0.15) is 5.82 Å². The number of primary amides is 1.